The Bertz CT molecular complexity index is 792. The number of hydrogen-bond donors (Lipinski definition) is 0. The average Bonchev–Trinajstić information content (AvgIpc) is 2.74. The lowest BCUT2D eigenvalue weighted by molar-refractivity contribution is 0.153. The fraction of sp³-hybridized carbons (Fsp3) is 0.273. The van der Waals surface area contributed by atoms with Gasteiger partial charge in [-0.15, -0.1) is 0 Å². The zero-order chi connectivity index (χ0) is 21.1. The second-order valence-electron chi connectivity index (χ2n) is 6.30. The van der Waals surface area contributed by atoms with Crippen LogP contribution in [0.3, 0.4) is 0 Å². The van der Waals surface area contributed by atoms with Gasteiger partial charge in [0, 0.05) is 27.3 Å². The minimum Gasteiger partial charge on any atom is -0.383 e. The Morgan fingerprint density at radius 2 is 1.21 bits per heavy atom. The van der Waals surface area contributed by atoms with E-state index in [1.807, 2.05) is 72.3 Å². The minimum absolute atomic E-state index is 0.551. The number of rotatable bonds is 11. The molecule has 0 aliphatic rings. The quantitative estimate of drug-likeness (QED) is 0.352. The van der Waals surface area contributed by atoms with Crippen LogP contribution < -0.4 is 0 Å². The van der Waals surface area contributed by atoms with E-state index in [1.165, 1.54) is 0 Å². The van der Waals surface area contributed by atoms with Crippen molar-refractivity contribution in [2.24, 2.45) is 0 Å². The lowest BCUT2D eigenvalue weighted by Crippen LogP contribution is -2.27. The van der Waals surface area contributed by atoms with Gasteiger partial charge in [-0.2, -0.15) is 0 Å². The van der Waals surface area contributed by atoms with Crippen molar-refractivity contribution in [3.63, 3.8) is 0 Å². The van der Waals surface area contributed by atoms with Gasteiger partial charge in [-0.25, -0.2) is 0 Å². The standard InChI is InChI=1S/C22H26Cl2NO2PS/c1-26-15-13-25(14-16-27-2)28(29,17-21(23)19-9-5-3-6-10-19)18-22(24)20-11-7-4-8-12-20/h3-12,17-18H,13-16H2,1-2H3/b21-17+,22-18?. The second-order valence-corrected chi connectivity index (χ2v) is 11.3. The third-order valence-electron chi connectivity index (χ3n) is 4.24. The van der Waals surface area contributed by atoms with Gasteiger partial charge in [-0.1, -0.05) is 95.7 Å². The molecule has 0 aliphatic heterocycles. The number of methoxy groups -OCH3 is 2. The Labute approximate surface area is 189 Å². The summed E-state index contributed by atoms with van der Waals surface area (Å²) in [5.74, 6) is 3.94. The van der Waals surface area contributed by atoms with Gasteiger partial charge < -0.3 is 9.47 Å². The molecule has 7 heteroatoms. The van der Waals surface area contributed by atoms with Crippen LogP contribution in [0.15, 0.2) is 72.3 Å². The van der Waals surface area contributed by atoms with E-state index in [1.54, 1.807) is 14.2 Å². The van der Waals surface area contributed by atoms with E-state index in [4.69, 9.17) is 44.5 Å². The molecule has 0 aliphatic carbocycles. The maximum Gasteiger partial charge on any atom is 0.0601 e. The molecular formula is C22H26Cl2NO2PS. The van der Waals surface area contributed by atoms with Gasteiger partial charge >= 0.3 is 0 Å². The summed E-state index contributed by atoms with van der Waals surface area (Å²) in [6.07, 6.45) is -2.41. The summed E-state index contributed by atoms with van der Waals surface area (Å²) in [4.78, 5) is 0. The fourth-order valence-corrected chi connectivity index (χ4v) is 7.44. The van der Waals surface area contributed by atoms with Gasteiger partial charge in [0.1, 0.15) is 0 Å². The SMILES string of the molecule is COCCN(CCOC)P(=S)(C=C(Cl)c1ccccc1)/C=C(/Cl)c1ccccc1. The Kier molecular flexibility index (Phi) is 10.6. The van der Waals surface area contributed by atoms with Crippen LogP contribution in [0.2, 0.25) is 0 Å². The summed E-state index contributed by atoms with van der Waals surface area (Å²) in [6, 6.07) is 19.6. The molecule has 0 aromatic heterocycles. The van der Waals surface area contributed by atoms with Crippen LogP contribution in [0.4, 0.5) is 0 Å². The first-order valence-electron chi connectivity index (χ1n) is 9.20. The van der Waals surface area contributed by atoms with Crippen molar-refractivity contribution in [2.45, 2.75) is 0 Å². The second kappa shape index (κ2) is 12.7. The van der Waals surface area contributed by atoms with E-state index >= 15 is 0 Å². The van der Waals surface area contributed by atoms with Gasteiger partial charge in [0.05, 0.1) is 29.5 Å². The van der Waals surface area contributed by atoms with Crippen molar-refractivity contribution in [3.8, 4) is 0 Å². The highest BCUT2D eigenvalue weighted by atomic mass is 35.5. The van der Waals surface area contributed by atoms with Crippen LogP contribution >= 0.6 is 29.4 Å². The smallest absolute Gasteiger partial charge is 0.0601 e. The van der Waals surface area contributed by atoms with E-state index in [-0.39, 0.29) is 0 Å². The topological polar surface area (TPSA) is 21.7 Å². The van der Waals surface area contributed by atoms with E-state index in [2.05, 4.69) is 4.67 Å². The number of ether oxygens (including phenoxy) is 2. The van der Waals surface area contributed by atoms with Crippen molar-refractivity contribution in [1.29, 1.82) is 0 Å². The zero-order valence-electron chi connectivity index (χ0n) is 16.6. The zero-order valence-corrected chi connectivity index (χ0v) is 19.9. The lowest BCUT2D eigenvalue weighted by Gasteiger charge is -2.31. The molecule has 0 N–H and O–H groups in total. The molecule has 29 heavy (non-hydrogen) atoms. The van der Waals surface area contributed by atoms with Crippen LogP contribution in [0.1, 0.15) is 11.1 Å². The van der Waals surface area contributed by atoms with Crippen LogP contribution in [-0.4, -0.2) is 45.2 Å². The number of nitrogens with zero attached hydrogens (tertiary/aromatic N) is 1. The van der Waals surface area contributed by atoms with E-state index in [0.29, 0.717) is 36.4 Å². The van der Waals surface area contributed by atoms with Gasteiger partial charge in [0.2, 0.25) is 0 Å². The predicted octanol–water partition coefficient (Wildman–Crippen LogP) is 6.45. The van der Waals surface area contributed by atoms with Crippen LogP contribution in [-0.2, 0) is 21.3 Å². The Morgan fingerprint density at radius 1 is 0.828 bits per heavy atom. The Balaban J connectivity index is 2.51. The summed E-state index contributed by atoms with van der Waals surface area (Å²) < 4.78 is 12.8. The molecule has 0 heterocycles. The van der Waals surface area contributed by atoms with Crippen molar-refractivity contribution in [1.82, 2.24) is 4.67 Å². The molecule has 0 amide bonds. The number of benzene rings is 2. The summed E-state index contributed by atoms with van der Waals surface area (Å²) in [7, 11) is 3.36. The molecule has 1 unspecified atom stereocenters. The van der Waals surface area contributed by atoms with Crippen molar-refractivity contribution in [2.75, 3.05) is 40.5 Å². The summed E-state index contributed by atoms with van der Waals surface area (Å²) >= 11 is 19.6. The first-order valence-corrected chi connectivity index (χ1v) is 12.9. The maximum atomic E-state index is 6.69. The van der Waals surface area contributed by atoms with Crippen molar-refractivity contribution < 1.29 is 9.47 Å². The van der Waals surface area contributed by atoms with E-state index in [9.17, 15) is 0 Å². The first-order chi connectivity index (χ1) is 14.0. The molecule has 156 valence electrons. The largest absolute Gasteiger partial charge is 0.383 e. The van der Waals surface area contributed by atoms with E-state index in [0.717, 1.165) is 11.1 Å². The van der Waals surface area contributed by atoms with E-state index < -0.39 is 6.19 Å². The summed E-state index contributed by atoms with van der Waals surface area (Å²) in [6.45, 7) is 2.41. The fourth-order valence-electron chi connectivity index (χ4n) is 2.69. The molecule has 3 nitrogen and oxygen atoms in total. The summed E-state index contributed by atoms with van der Waals surface area (Å²) in [5, 5.41) is 1.23. The van der Waals surface area contributed by atoms with Gasteiger partial charge in [-0.05, 0) is 22.8 Å². The minimum atomic E-state index is -2.41. The van der Waals surface area contributed by atoms with Crippen molar-refractivity contribution in [3.05, 3.63) is 83.4 Å². The molecule has 1 atom stereocenters. The molecular weight excluding hydrogens is 444 g/mol. The highest BCUT2D eigenvalue weighted by Gasteiger charge is 2.23. The van der Waals surface area contributed by atoms with Crippen LogP contribution in [0.25, 0.3) is 10.1 Å². The normalized spacial score (nSPS) is 14.8. The molecule has 0 fully saturated rings. The van der Waals surface area contributed by atoms with Crippen LogP contribution in [0.5, 0.6) is 0 Å². The predicted molar refractivity (Wildman–Crippen MR) is 130 cm³/mol. The summed E-state index contributed by atoms with van der Waals surface area (Å²) in [5.41, 5.74) is 1.84. The van der Waals surface area contributed by atoms with Gasteiger partial charge in [-0.3, -0.25) is 4.67 Å². The Morgan fingerprint density at radius 3 is 1.55 bits per heavy atom. The number of hydrogen-bond acceptors (Lipinski definition) is 3. The third kappa shape index (κ3) is 7.66. The highest BCUT2D eigenvalue weighted by molar-refractivity contribution is 8.16. The molecule has 0 spiro atoms. The Hall–Kier alpha value is -0.970. The third-order valence-corrected chi connectivity index (χ3v) is 9.07. The maximum absolute atomic E-state index is 6.69. The van der Waals surface area contributed by atoms with Crippen molar-refractivity contribution >= 4 is 51.3 Å². The molecule has 0 saturated carbocycles. The van der Waals surface area contributed by atoms with Gasteiger partial charge in [0.25, 0.3) is 0 Å². The number of halogens is 2. The molecule has 2 aromatic rings. The average molecular weight is 470 g/mol. The molecule has 2 rings (SSSR count). The lowest BCUT2D eigenvalue weighted by atomic mass is 10.2. The van der Waals surface area contributed by atoms with Crippen LogP contribution in [0, 0.1) is 0 Å². The van der Waals surface area contributed by atoms with Gasteiger partial charge in [0.15, 0.2) is 0 Å². The first kappa shape index (κ1) is 24.3. The molecule has 0 radical (unpaired) electrons. The molecule has 0 bridgehead atoms. The molecule has 2 aromatic carbocycles. The monoisotopic (exact) mass is 469 g/mol. The molecule has 0 saturated heterocycles. The highest BCUT2D eigenvalue weighted by Crippen LogP contribution is 2.57.